The summed E-state index contributed by atoms with van der Waals surface area (Å²) in [5.74, 6) is -0.606. The molecule has 1 aromatic rings. The predicted molar refractivity (Wildman–Crippen MR) is 62.8 cm³/mol. The Bertz CT molecular complexity index is 453. The summed E-state index contributed by atoms with van der Waals surface area (Å²) >= 11 is 5.44. The number of hydrogen-bond donors (Lipinski definition) is 3. The number of anilines is 1. The second-order valence-electron chi connectivity index (χ2n) is 3.86. The molecule has 1 amide bonds. The van der Waals surface area contributed by atoms with Crippen molar-refractivity contribution in [1.82, 2.24) is 5.32 Å². The highest BCUT2D eigenvalue weighted by Crippen LogP contribution is 2.23. The third-order valence-electron chi connectivity index (χ3n) is 2.59. The minimum atomic E-state index is -0.707. The molecule has 1 heterocycles. The van der Waals surface area contributed by atoms with Gasteiger partial charge in [-0.25, -0.2) is 4.39 Å². The minimum Gasteiger partial charge on any atom is -0.390 e. The van der Waals surface area contributed by atoms with Crippen molar-refractivity contribution < 1.29 is 14.3 Å². The van der Waals surface area contributed by atoms with Gasteiger partial charge < -0.3 is 15.7 Å². The van der Waals surface area contributed by atoms with Gasteiger partial charge in [-0.1, -0.05) is 0 Å². The number of fused-ring (bicyclic) bond motifs is 1. The van der Waals surface area contributed by atoms with E-state index in [4.69, 9.17) is 11.6 Å². The van der Waals surface area contributed by atoms with Gasteiger partial charge in [0.05, 0.1) is 12.0 Å². The molecule has 0 spiro atoms. The lowest BCUT2D eigenvalue weighted by Gasteiger charge is -2.11. The summed E-state index contributed by atoms with van der Waals surface area (Å²) in [4.78, 5) is 11.4. The van der Waals surface area contributed by atoms with Gasteiger partial charge in [0, 0.05) is 29.9 Å². The molecule has 0 bridgehead atoms. The van der Waals surface area contributed by atoms with Crippen LogP contribution in [0.25, 0.3) is 0 Å². The molecule has 92 valence electrons. The molecule has 0 fully saturated rings. The molecule has 3 N–H and O–H groups in total. The van der Waals surface area contributed by atoms with Gasteiger partial charge in [-0.3, -0.25) is 4.79 Å². The summed E-state index contributed by atoms with van der Waals surface area (Å²) in [6, 6.07) is 2.88. The third-order valence-corrected chi connectivity index (χ3v) is 2.94. The van der Waals surface area contributed by atoms with E-state index in [1.54, 1.807) is 6.07 Å². The molecular weight excluding hydrogens is 247 g/mol. The number of alkyl halides is 1. The van der Waals surface area contributed by atoms with Gasteiger partial charge in [-0.15, -0.1) is 11.6 Å². The van der Waals surface area contributed by atoms with E-state index in [-0.39, 0.29) is 24.9 Å². The maximum Gasteiger partial charge on any atom is 0.252 e. The highest BCUT2D eigenvalue weighted by atomic mass is 35.5. The number of halogens is 2. The summed E-state index contributed by atoms with van der Waals surface area (Å²) in [6.45, 7) is 0.438. The molecule has 6 heteroatoms. The lowest BCUT2D eigenvalue weighted by atomic mass is 10.1. The SMILES string of the molecule is O=C1NCc2c(F)cc(NCC(O)CCl)cc21. The Morgan fingerprint density at radius 2 is 2.35 bits per heavy atom. The molecule has 1 aliphatic heterocycles. The smallest absolute Gasteiger partial charge is 0.252 e. The zero-order valence-corrected chi connectivity index (χ0v) is 9.72. The Balaban J connectivity index is 2.17. The van der Waals surface area contributed by atoms with Crippen LogP contribution in [0.3, 0.4) is 0 Å². The summed E-state index contributed by atoms with van der Waals surface area (Å²) < 4.78 is 13.6. The molecule has 17 heavy (non-hydrogen) atoms. The van der Waals surface area contributed by atoms with E-state index < -0.39 is 11.9 Å². The molecular formula is C11H12ClFN2O2. The van der Waals surface area contributed by atoms with Gasteiger partial charge >= 0.3 is 0 Å². The molecule has 4 nitrogen and oxygen atoms in total. The molecule has 1 aromatic carbocycles. The average Bonchev–Trinajstić information content (AvgIpc) is 2.69. The van der Waals surface area contributed by atoms with E-state index in [1.165, 1.54) is 6.07 Å². The van der Waals surface area contributed by atoms with Crippen molar-refractivity contribution in [2.75, 3.05) is 17.7 Å². The van der Waals surface area contributed by atoms with Gasteiger partial charge in [0.15, 0.2) is 0 Å². The van der Waals surface area contributed by atoms with E-state index in [0.717, 1.165) is 0 Å². The van der Waals surface area contributed by atoms with Gasteiger partial charge in [0.1, 0.15) is 5.82 Å². The molecule has 0 saturated heterocycles. The molecule has 1 aliphatic rings. The van der Waals surface area contributed by atoms with E-state index in [2.05, 4.69) is 10.6 Å². The van der Waals surface area contributed by atoms with Crippen LogP contribution in [0.1, 0.15) is 15.9 Å². The largest absolute Gasteiger partial charge is 0.390 e. The fourth-order valence-electron chi connectivity index (χ4n) is 1.68. The van der Waals surface area contributed by atoms with Crippen molar-refractivity contribution in [2.24, 2.45) is 0 Å². The molecule has 1 atom stereocenters. The second kappa shape index (κ2) is 4.89. The predicted octanol–water partition coefficient (Wildman–Crippen LogP) is 1.08. The van der Waals surface area contributed by atoms with Gasteiger partial charge in [-0.2, -0.15) is 0 Å². The number of rotatable bonds is 4. The van der Waals surface area contributed by atoms with Crippen LogP contribution in [0, 0.1) is 5.82 Å². The molecule has 0 radical (unpaired) electrons. The fraction of sp³-hybridized carbons (Fsp3) is 0.364. The molecule has 0 aliphatic carbocycles. The Labute approximate surface area is 103 Å². The molecule has 0 saturated carbocycles. The highest BCUT2D eigenvalue weighted by molar-refractivity contribution is 6.18. The van der Waals surface area contributed by atoms with Crippen LogP contribution in [-0.2, 0) is 6.54 Å². The van der Waals surface area contributed by atoms with Crippen molar-refractivity contribution in [3.8, 4) is 0 Å². The summed E-state index contributed by atoms with van der Waals surface area (Å²) in [7, 11) is 0. The van der Waals surface area contributed by atoms with Crippen molar-refractivity contribution in [1.29, 1.82) is 0 Å². The zero-order chi connectivity index (χ0) is 12.4. The van der Waals surface area contributed by atoms with Crippen LogP contribution >= 0.6 is 11.6 Å². The normalized spacial score (nSPS) is 15.4. The van der Waals surface area contributed by atoms with Crippen molar-refractivity contribution >= 4 is 23.2 Å². The number of benzene rings is 1. The number of amides is 1. The highest BCUT2D eigenvalue weighted by Gasteiger charge is 2.23. The van der Waals surface area contributed by atoms with Gasteiger partial charge in [-0.05, 0) is 12.1 Å². The first-order chi connectivity index (χ1) is 8.11. The number of hydrogen-bond acceptors (Lipinski definition) is 3. The van der Waals surface area contributed by atoms with Crippen molar-refractivity contribution in [3.63, 3.8) is 0 Å². The lowest BCUT2D eigenvalue weighted by Crippen LogP contribution is -2.21. The second-order valence-corrected chi connectivity index (χ2v) is 4.16. The zero-order valence-electron chi connectivity index (χ0n) is 8.96. The van der Waals surface area contributed by atoms with E-state index in [1.807, 2.05) is 0 Å². The number of carbonyl (C=O) groups excluding carboxylic acids is 1. The molecule has 0 aromatic heterocycles. The van der Waals surface area contributed by atoms with E-state index in [9.17, 15) is 14.3 Å². The van der Waals surface area contributed by atoms with Crippen LogP contribution in [-0.4, -0.2) is 29.5 Å². The summed E-state index contributed by atoms with van der Waals surface area (Å²) in [6.07, 6.45) is -0.707. The van der Waals surface area contributed by atoms with E-state index >= 15 is 0 Å². The standard InChI is InChI=1S/C11H12ClFN2O2/c12-3-7(16)4-14-6-1-8-9(10(13)2-6)5-15-11(8)17/h1-2,7,14,16H,3-5H2,(H,15,17). The van der Waals surface area contributed by atoms with E-state index in [0.29, 0.717) is 16.8 Å². The van der Waals surface area contributed by atoms with Crippen LogP contribution in [0.15, 0.2) is 12.1 Å². The van der Waals surface area contributed by atoms with Crippen LogP contribution in [0.5, 0.6) is 0 Å². The third kappa shape index (κ3) is 2.50. The van der Waals surface area contributed by atoms with Crippen LogP contribution in [0.2, 0.25) is 0 Å². The molecule has 1 unspecified atom stereocenters. The Hall–Kier alpha value is -1.33. The fourth-order valence-corrected chi connectivity index (χ4v) is 1.78. The number of aliphatic hydroxyl groups is 1. The van der Waals surface area contributed by atoms with Gasteiger partial charge in [0.25, 0.3) is 5.91 Å². The maximum atomic E-state index is 13.6. The van der Waals surface area contributed by atoms with Crippen LogP contribution in [0.4, 0.5) is 10.1 Å². The summed E-state index contributed by atoms with van der Waals surface area (Å²) in [5, 5.41) is 14.7. The Morgan fingerprint density at radius 1 is 1.59 bits per heavy atom. The lowest BCUT2D eigenvalue weighted by molar-refractivity contribution is 0.0966. The molecule has 2 rings (SSSR count). The quantitative estimate of drug-likeness (QED) is 0.709. The number of aliphatic hydroxyl groups excluding tert-OH is 1. The average molecular weight is 259 g/mol. The van der Waals surface area contributed by atoms with Crippen molar-refractivity contribution in [3.05, 3.63) is 29.1 Å². The summed E-state index contributed by atoms with van der Waals surface area (Å²) in [5.41, 5.74) is 1.19. The minimum absolute atomic E-state index is 0.0981. The number of nitrogens with one attached hydrogen (secondary N) is 2. The first-order valence-electron chi connectivity index (χ1n) is 5.20. The maximum absolute atomic E-state index is 13.6. The first kappa shape index (κ1) is 12.1. The van der Waals surface area contributed by atoms with Crippen LogP contribution < -0.4 is 10.6 Å². The van der Waals surface area contributed by atoms with Gasteiger partial charge in [0.2, 0.25) is 0 Å². The first-order valence-corrected chi connectivity index (χ1v) is 5.73. The topological polar surface area (TPSA) is 61.4 Å². The monoisotopic (exact) mass is 258 g/mol. The Morgan fingerprint density at radius 3 is 3.06 bits per heavy atom. The number of carbonyl (C=O) groups is 1. The Kier molecular flexibility index (Phi) is 3.49. The van der Waals surface area contributed by atoms with Crippen molar-refractivity contribution in [2.45, 2.75) is 12.6 Å².